The number of thiophene rings is 1. The zero-order valence-corrected chi connectivity index (χ0v) is 16.5. The van der Waals surface area contributed by atoms with Crippen LogP contribution in [0.3, 0.4) is 0 Å². The van der Waals surface area contributed by atoms with E-state index in [9.17, 15) is 9.59 Å². The van der Waals surface area contributed by atoms with E-state index in [2.05, 4.69) is 27.5 Å². The van der Waals surface area contributed by atoms with E-state index in [1.54, 1.807) is 17.4 Å². The van der Waals surface area contributed by atoms with Crippen LogP contribution in [0.5, 0.6) is 0 Å². The lowest BCUT2D eigenvalue weighted by Gasteiger charge is -2.24. The van der Waals surface area contributed by atoms with Gasteiger partial charge in [0.25, 0.3) is 5.56 Å². The molecule has 3 aromatic heterocycles. The largest absolute Gasteiger partial charge is 0.356 e. The number of benzene rings is 1. The molecule has 3 heterocycles. The number of fused-ring (bicyclic) bond motifs is 3. The minimum Gasteiger partial charge on any atom is -0.356 e. The molecule has 0 aliphatic heterocycles. The molecular formula is C22H20N4O2S. The summed E-state index contributed by atoms with van der Waals surface area (Å²) in [6.45, 7) is -0.0931. The number of nitrogens with zero attached hydrogens (tertiary/aromatic N) is 2. The second-order valence-corrected chi connectivity index (χ2v) is 8.21. The first-order valence-electron chi connectivity index (χ1n) is 9.70. The molecule has 1 amide bonds. The Morgan fingerprint density at radius 1 is 1.21 bits per heavy atom. The minimum atomic E-state index is -0.282. The third-order valence-electron chi connectivity index (χ3n) is 5.38. The minimum absolute atomic E-state index is 0.0742. The Labute approximate surface area is 171 Å². The molecule has 5 rings (SSSR count). The highest BCUT2D eigenvalue weighted by atomic mass is 32.1. The van der Waals surface area contributed by atoms with E-state index in [1.807, 2.05) is 29.6 Å². The molecule has 0 saturated heterocycles. The van der Waals surface area contributed by atoms with E-state index in [0.29, 0.717) is 5.69 Å². The van der Waals surface area contributed by atoms with Crippen molar-refractivity contribution in [1.82, 2.24) is 20.1 Å². The van der Waals surface area contributed by atoms with Crippen molar-refractivity contribution in [3.63, 3.8) is 0 Å². The number of carbonyl (C=O) groups excluding carboxylic acids is 1. The van der Waals surface area contributed by atoms with Crippen LogP contribution in [0.15, 0.2) is 58.7 Å². The summed E-state index contributed by atoms with van der Waals surface area (Å²) in [6, 6.07) is 15.2. The van der Waals surface area contributed by atoms with Crippen LogP contribution in [0.1, 0.15) is 30.1 Å². The molecule has 0 fully saturated rings. The van der Waals surface area contributed by atoms with E-state index >= 15 is 0 Å². The number of hydrogen-bond donors (Lipinski definition) is 2. The van der Waals surface area contributed by atoms with Gasteiger partial charge in [-0.15, -0.1) is 11.3 Å². The number of aryl methyl sites for hydroxylation is 1. The van der Waals surface area contributed by atoms with Crippen molar-refractivity contribution in [3.8, 4) is 10.6 Å². The molecule has 1 unspecified atom stereocenters. The number of nitrogens with one attached hydrogen (secondary N) is 2. The van der Waals surface area contributed by atoms with Gasteiger partial charge in [-0.1, -0.05) is 24.3 Å². The highest BCUT2D eigenvalue weighted by molar-refractivity contribution is 7.13. The summed E-state index contributed by atoms with van der Waals surface area (Å²) < 4.78 is 1.24. The Morgan fingerprint density at radius 3 is 2.97 bits per heavy atom. The van der Waals surface area contributed by atoms with Gasteiger partial charge in [0.15, 0.2) is 0 Å². The van der Waals surface area contributed by atoms with E-state index in [4.69, 9.17) is 0 Å². The van der Waals surface area contributed by atoms with Crippen molar-refractivity contribution in [3.05, 3.63) is 75.5 Å². The molecule has 0 spiro atoms. The summed E-state index contributed by atoms with van der Waals surface area (Å²) in [5.41, 5.74) is 3.88. The molecule has 1 aromatic carbocycles. The molecule has 0 saturated carbocycles. The smallest absolute Gasteiger partial charge is 0.267 e. The van der Waals surface area contributed by atoms with Gasteiger partial charge in [-0.3, -0.25) is 9.59 Å². The Bertz CT molecular complexity index is 1240. The van der Waals surface area contributed by atoms with Crippen LogP contribution in [0.4, 0.5) is 0 Å². The fraction of sp³-hybridized carbons (Fsp3) is 0.227. The van der Waals surface area contributed by atoms with Crippen LogP contribution in [0, 0.1) is 0 Å². The molecule has 7 heteroatoms. The molecule has 29 heavy (non-hydrogen) atoms. The number of aromatic nitrogens is 3. The van der Waals surface area contributed by atoms with Crippen molar-refractivity contribution < 1.29 is 4.79 Å². The number of H-pyrrole nitrogens is 1. The van der Waals surface area contributed by atoms with Crippen LogP contribution in [0.2, 0.25) is 0 Å². The molecule has 1 aliphatic carbocycles. The van der Waals surface area contributed by atoms with E-state index < -0.39 is 0 Å². The SMILES string of the molecule is O=C(Cn1nc(-c2cccs2)ccc1=O)NC1CCCc2c1[nH]c1ccccc21. The molecule has 6 nitrogen and oxygen atoms in total. The van der Waals surface area contributed by atoms with Crippen molar-refractivity contribution in [2.45, 2.75) is 31.8 Å². The lowest BCUT2D eigenvalue weighted by molar-refractivity contribution is -0.122. The van der Waals surface area contributed by atoms with Gasteiger partial charge in [0.1, 0.15) is 12.2 Å². The van der Waals surface area contributed by atoms with Crippen LogP contribution < -0.4 is 10.9 Å². The Kier molecular flexibility index (Phi) is 4.52. The summed E-state index contributed by atoms with van der Waals surface area (Å²) in [4.78, 5) is 29.4. The van der Waals surface area contributed by atoms with E-state index in [0.717, 1.165) is 35.4 Å². The van der Waals surface area contributed by atoms with Gasteiger partial charge < -0.3 is 10.3 Å². The first-order chi connectivity index (χ1) is 14.2. The second-order valence-electron chi connectivity index (χ2n) is 7.27. The third-order valence-corrected chi connectivity index (χ3v) is 6.28. The molecule has 0 radical (unpaired) electrons. The molecule has 146 valence electrons. The average molecular weight is 404 g/mol. The Hall–Kier alpha value is -3.19. The Morgan fingerprint density at radius 2 is 2.10 bits per heavy atom. The number of hydrogen-bond acceptors (Lipinski definition) is 4. The zero-order valence-electron chi connectivity index (χ0n) is 15.7. The van der Waals surface area contributed by atoms with Crippen LogP contribution in [-0.4, -0.2) is 20.7 Å². The van der Waals surface area contributed by atoms with Crippen LogP contribution in [-0.2, 0) is 17.8 Å². The summed E-state index contributed by atoms with van der Waals surface area (Å²) in [6.07, 6.45) is 2.91. The summed E-state index contributed by atoms with van der Waals surface area (Å²) in [5.74, 6) is -0.209. The number of aromatic amines is 1. The lowest BCUT2D eigenvalue weighted by atomic mass is 9.91. The fourth-order valence-corrected chi connectivity index (χ4v) is 4.74. The number of para-hydroxylation sites is 1. The monoisotopic (exact) mass is 404 g/mol. The standard InChI is InChI=1S/C22H20N4O2S/c27-20(13-26-21(28)11-10-17(25-26)19-9-4-12-29-19)23-18-8-3-6-15-14-5-1-2-7-16(14)24-22(15)18/h1-2,4-5,7,9-12,18,24H,3,6,8,13H2,(H,23,27). The first-order valence-corrected chi connectivity index (χ1v) is 10.6. The van der Waals surface area contributed by atoms with Gasteiger partial charge in [-0.2, -0.15) is 5.10 Å². The highest BCUT2D eigenvalue weighted by Crippen LogP contribution is 2.34. The van der Waals surface area contributed by atoms with Gasteiger partial charge in [0, 0.05) is 22.7 Å². The van der Waals surface area contributed by atoms with Gasteiger partial charge in [-0.25, -0.2) is 4.68 Å². The maximum Gasteiger partial charge on any atom is 0.267 e. The number of carbonyl (C=O) groups is 1. The quantitative estimate of drug-likeness (QED) is 0.545. The molecule has 1 aliphatic rings. The van der Waals surface area contributed by atoms with Gasteiger partial charge in [-0.05, 0) is 48.4 Å². The van der Waals surface area contributed by atoms with E-state index in [1.165, 1.54) is 21.7 Å². The zero-order chi connectivity index (χ0) is 19.8. The Balaban J connectivity index is 1.37. The number of rotatable bonds is 4. The first kappa shape index (κ1) is 17.9. The van der Waals surface area contributed by atoms with Gasteiger partial charge >= 0.3 is 0 Å². The van der Waals surface area contributed by atoms with Crippen molar-refractivity contribution in [1.29, 1.82) is 0 Å². The number of amides is 1. The summed E-state index contributed by atoms with van der Waals surface area (Å²) in [5, 5.41) is 10.7. The van der Waals surface area contributed by atoms with Gasteiger partial charge in [0.05, 0.1) is 10.9 Å². The van der Waals surface area contributed by atoms with Crippen molar-refractivity contribution >= 4 is 28.1 Å². The molecular weight excluding hydrogens is 384 g/mol. The predicted molar refractivity (Wildman–Crippen MR) is 114 cm³/mol. The van der Waals surface area contributed by atoms with Crippen molar-refractivity contribution in [2.24, 2.45) is 0 Å². The molecule has 0 bridgehead atoms. The summed E-state index contributed by atoms with van der Waals surface area (Å²) in [7, 11) is 0. The van der Waals surface area contributed by atoms with Gasteiger partial charge in [0.2, 0.25) is 5.91 Å². The molecule has 2 N–H and O–H groups in total. The lowest BCUT2D eigenvalue weighted by Crippen LogP contribution is -2.36. The maximum absolute atomic E-state index is 12.7. The third kappa shape index (κ3) is 3.38. The fourth-order valence-electron chi connectivity index (χ4n) is 4.05. The van der Waals surface area contributed by atoms with Crippen LogP contribution in [0.25, 0.3) is 21.5 Å². The van der Waals surface area contributed by atoms with Crippen LogP contribution >= 0.6 is 11.3 Å². The normalized spacial score (nSPS) is 15.9. The summed E-state index contributed by atoms with van der Waals surface area (Å²) >= 11 is 1.55. The topological polar surface area (TPSA) is 79.8 Å². The maximum atomic E-state index is 12.7. The van der Waals surface area contributed by atoms with E-state index in [-0.39, 0.29) is 24.1 Å². The molecule has 1 atom stereocenters. The average Bonchev–Trinajstić information content (AvgIpc) is 3.38. The predicted octanol–water partition coefficient (Wildman–Crippen LogP) is 3.65. The second kappa shape index (κ2) is 7.33. The van der Waals surface area contributed by atoms with Crippen molar-refractivity contribution in [2.75, 3.05) is 0 Å². The molecule has 4 aromatic rings. The highest BCUT2D eigenvalue weighted by Gasteiger charge is 2.25.